The number of nitrogens with one attached hydrogen (secondary N) is 2. The van der Waals surface area contributed by atoms with E-state index in [4.69, 9.17) is 0 Å². The SMILES string of the molecule is CCCNc1nc(C)cc(NC(C)(C)C2CC2)n1. The molecule has 0 aromatic carbocycles. The van der Waals surface area contributed by atoms with Gasteiger partial charge < -0.3 is 10.6 Å². The second-order valence-electron chi connectivity index (χ2n) is 5.77. The Kier molecular flexibility index (Phi) is 3.73. The summed E-state index contributed by atoms with van der Waals surface area (Å²) in [6.07, 6.45) is 3.73. The highest BCUT2D eigenvalue weighted by molar-refractivity contribution is 5.44. The van der Waals surface area contributed by atoms with Gasteiger partial charge in [-0.05, 0) is 46.0 Å². The van der Waals surface area contributed by atoms with E-state index >= 15 is 0 Å². The van der Waals surface area contributed by atoms with E-state index in [1.807, 2.05) is 13.0 Å². The lowest BCUT2D eigenvalue weighted by Gasteiger charge is -2.27. The average Bonchev–Trinajstić information content (AvgIpc) is 3.08. The zero-order valence-corrected chi connectivity index (χ0v) is 11.9. The fourth-order valence-corrected chi connectivity index (χ4v) is 2.19. The molecule has 0 amide bonds. The third-order valence-corrected chi connectivity index (χ3v) is 3.44. The standard InChI is InChI=1S/C14H24N4/c1-5-8-15-13-16-10(2)9-12(17-13)18-14(3,4)11-6-7-11/h9,11H,5-8H2,1-4H3,(H2,15,16,17,18). The summed E-state index contributed by atoms with van der Waals surface area (Å²) in [5.74, 6) is 2.43. The number of nitrogens with zero attached hydrogens (tertiary/aromatic N) is 2. The molecule has 0 unspecified atom stereocenters. The molecular weight excluding hydrogens is 224 g/mol. The van der Waals surface area contributed by atoms with Crippen LogP contribution in [0.15, 0.2) is 6.07 Å². The Morgan fingerprint density at radius 1 is 1.33 bits per heavy atom. The van der Waals surface area contributed by atoms with Gasteiger partial charge in [-0.25, -0.2) is 4.98 Å². The molecule has 1 fully saturated rings. The van der Waals surface area contributed by atoms with E-state index < -0.39 is 0 Å². The van der Waals surface area contributed by atoms with E-state index in [0.29, 0.717) is 0 Å². The van der Waals surface area contributed by atoms with Crippen molar-refractivity contribution in [3.8, 4) is 0 Å². The van der Waals surface area contributed by atoms with Crippen LogP contribution in [0.3, 0.4) is 0 Å². The van der Waals surface area contributed by atoms with Gasteiger partial charge in [0.05, 0.1) is 0 Å². The number of hydrogen-bond acceptors (Lipinski definition) is 4. The van der Waals surface area contributed by atoms with Gasteiger partial charge in [-0.1, -0.05) is 6.92 Å². The summed E-state index contributed by atoms with van der Waals surface area (Å²) in [7, 11) is 0. The molecule has 1 saturated carbocycles. The van der Waals surface area contributed by atoms with E-state index in [-0.39, 0.29) is 5.54 Å². The van der Waals surface area contributed by atoms with Crippen molar-refractivity contribution in [2.24, 2.45) is 5.92 Å². The molecule has 0 saturated heterocycles. The Labute approximate surface area is 110 Å². The van der Waals surface area contributed by atoms with Gasteiger partial charge in [0.15, 0.2) is 0 Å². The molecule has 100 valence electrons. The first kappa shape index (κ1) is 13.1. The zero-order valence-electron chi connectivity index (χ0n) is 11.9. The van der Waals surface area contributed by atoms with Crippen molar-refractivity contribution in [2.45, 2.75) is 52.5 Å². The number of aromatic nitrogens is 2. The monoisotopic (exact) mass is 248 g/mol. The van der Waals surface area contributed by atoms with Crippen molar-refractivity contribution in [1.82, 2.24) is 9.97 Å². The van der Waals surface area contributed by atoms with Crippen molar-refractivity contribution < 1.29 is 0 Å². The Balaban J connectivity index is 2.09. The smallest absolute Gasteiger partial charge is 0.224 e. The molecular formula is C14H24N4. The lowest BCUT2D eigenvalue weighted by atomic mass is 9.99. The molecule has 0 atom stereocenters. The van der Waals surface area contributed by atoms with E-state index in [2.05, 4.69) is 41.4 Å². The maximum Gasteiger partial charge on any atom is 0.224 e. The highest BCUT2D eigenvalue weighted by Crippen LogP contribution is 2.40. The van der Waals surface area contributed by atoms with Gasteiger partial charge >= 0.3 is 0 Å². The van der Waals surface area contributed by atoms with Crippen LogP contribution in [0, 0.1) is 12.8 Å². The van der Waals surface area contributed by atoms with Gasteiger partial charge in [-0.2, -0.15) is 4.98 Å². The Morgan fingerprint density at radius 2 is 2.06 bits per heavy atom. The Morgan fingerprint density at radius 3 is 2.67 bits per heavy atom. The van der Waals surface area contributed by atoms with Gasteiger partial charge in [0.2, 0.25) is 5.95 Å². The lowest BCUT2D eigenvalue weighted by molar-refractivity contribution is 0.492. The summed E-state index contributed by atoms with van der Waals surface area (Å²) in [5.41, 5.74) is 1.13. The van der Waals surface area contributed by atoms with Crippen LogP contribution in [0.5, 0.6) is 0 Å². The predicted octanol–water partition coefficient (Wildman–Crippen LogP) is 3.21. The first-order chi connectivity index (χ1) is 8.51. The van der Waals surface area contributed by atoms with Crippen LogP contribution in [-0.2, 0) is 0 Å². The third-order valence-electron chi connectivity index (χ3n) is 3.44. The summed E-state index contributed by atoms with van der Waals surface area (Å²) in [6, 6.07) is 2.02. The number of hydrogen-bond donors (Lipinski definition) is 2. The van der Waals surface area contributed by atoms with Crippen LogP contribution in [0.2, 0.25) is 0 Å². The van der Waals surface area contributed by atoms with Crippen LogP contribution in [0.4, 0.5) is 11.8 Å². The minimum atomic E-state index is 0.128. The third kappa shape index (κ3) is 3.34. The number of rotatable bonds is 6. The first-order valence-corrected chi connectivity index (χ1v) is 6.89. The minimum Gasteiger partial charge on any atom is -0.365 e. The van der Waals surface area contributed by atoms with Crippen molar-refractivity contribution >= 4 is 11.8 Å². The molecule has 1 aliphatic rings. The van der Waals surface area contributed by atoms with Gasteiger partial charge in [-0.15, -0.1) is 0 Å². The van der Waals surface area contributed by atoms with Crippen LogP contribution < -0.4 is 10.6 Å². The molecule has 18 heavy (non-hydrogen) atoms. The fourth-order valence-electron chi connectivity index (χ4n) is 2.19. The molecule has 0 radical (unpaired) electrons. The van der Waals surface area contributed by atoms with Gasteiger partial charge in [0.1, 0.15) is 5.82 Å². The highest BCUT2D eigenvalue weighted by atomic mass is 15.2. The molecule has 1 heterocycles. The molecule has 2 rings (SSSR count). The summed E-state index contributed by atoms with van der Waals surface area (Å²) < 4.78 is 0. The van der Waals surface area contributed by atoms with Gasteiger partial charge in [0, 0.05) is 23.8 Å². The van der Waals surface area contributed by atoms with Crippen LogP contribution in [0.25, 0.3) is 0 Å². The first-order valence-electron chi connectivity index (χ1n) is 6.89. The van der Waals surface area contributed by atoms with Gasteiger partial charge in [0.25, 0.3) is 0 Å². The van der Waals surface area contributed by atoms with Crippen molar-refractivity contribution in [2.75, 3.05) is 17.2 Å². The second kappa shape index (κ2) is 5.12. The predicted molar refractivity (Wildman–Crippen MR) is 76.0 cm³/mol. The average molecular weight is 248 g/mol. The molecule has 0 bridgehead atoms. The van der Waals surface area contributed by atoms with Crippen molar-refractivity contribution in [3.63, 3.8) is 0 Å². The van der Waals surface area contributed by atoms with Crippen LogP contribution >= 0.6 is 0 Å². The molecule has 1 aromatic heterocycles. The van der Waals surface area contributed by atoms with Gasteiger partial charge in [-0.3, -0.25) is 0 Å². The van der Waals surface area contributed by atoms with Crippen LogP contribution in [-0.4, -0.2) is 22.1 Å². The summed E-state index contributed by atoms with van der Waals surface area (Å²) in [5, 5.41) is 6.79. The Hall–Kier alpha value is -1.32. The molecule has 0 aliphatic heterocycles. The molecule has 1 aliphatic carbocycles. The van der Waals surface area contributed by atoms with E-state index in [0.717, 1.165) is 36.3 Å². The highest BCUT2D eigenvalue weighted by Gasteiger charge is 2.37. The van der Waals surface area contributed by atoms with Crippen LogP contribution in [0.1, 0.15) is 45.7 Å². The fraction of sp³-hybridized carbons (Fsp3) is 0.714. The Bertz CT molecular complexity index is 410. The largest absolute Gasteiger partial charge is 0.365 e. The molecule has 1 aromatic rings. The summed E-state index contributed by atoms with van der Waals surface area (Å²) in [6.45, 7) is 9.56. The maximum atomic E-state index is 4.53. The summed E-state index contributed by atoms with van der Waals surface area (Å²) >= 11 is 0. The van der Waals surface area contributed by atoms with E-state index in [9.17, 15) is 0 Å². The maximum absolute atomic E-state index is 4.53. The normalized spacial score (nSPS) is 15.6. The molecule has 4 heteroatoms. The van der Waals surface area contributed by atoms with E-state index in [1.165, 1.54) is 12.8 Å². The second-order valence-corrected chi connectivity index (χ2v) is 5.77. The quantitative estimate of drug-likeness (QED) is 0.811. The topological polar surface area (TPSA) is 49.8 Å². The number of anilines is 2. The minimum absolute atomic E-state index is 0.128. The van der Waals surface area contributed by atoms with Crippen molar-refractivity contribution in [3.05, 3.63) is 11.8 Å². The van der Waals surface area contributed by atoms with E-state index in [1.54, 1.807) is 0 Å². The summed E-state index contributed by atoms with van der Waals surface area (Å²) in [4.78, 5) is 8.93. The molecule has 2 N–H and O–H groups in total. The van der Waals surface area contributed by atoms with Crippen molar-refractivity contribution in [1.29, 1.82) is 0 Å². The number of aryl methyl sites for hydroxylation is 1. The molecule has 4 nitrogen and oxygen atoms in total. The zero-order chi connectivity index (χ0) is 13.2. The lowest BCUT2D eigenvalue weighted by Crippen LogP contribution is -2.33. The molecule has 0 spiro atoms.